The highest BCUT2D eigenvalue weighted by molar-refractivity contribution is 7.90. The second-order valence-electron chi connectivity index (χ2n) is 4.94. The van der Waals surface area contributed by atoms with E-state index >= 15 is 0 Å². The van der Waals surface area contributed by atoms with E-state index < -0.39 is 21.6 Å². The molecule has 0 saturated carbocycles. The number of H-pyrrole nitrogens is 1. The topological polar surface area (TPSA) is 91.9 Å². The van der Waals surface area contributed by atoms with Crippen LogP contribution in [-0.4, -0.2) is 30.5 Å². The molecule has 23 heavy (non-hydrogen) atoms. The highest BCUT2D eigenvalue weighted by atomic mass is 32.2. The quantitative estimate of drug-likeness (QED) is 0.769. The number of imidazole rings is 1. The smallest absolute Gasteiger partial charge is 0.259 e. The minimum Gasteiger partial charge on any atom is -0.324 e. The van der Waals surface area contributed by atoms with Crippen molar-refractivity contribution in [3.8, 4) is 0 Å². The second-order valence-corrected chi connectivity index (χ2v) is 6.93. The lowest BCUT2D eigenvalue weighted by Gasteiger charge is -2.06. The number of amides is 1. The summed E-state index contributed by atoms with van der Waals surface area (Å²) in [5.41, 5.74) is 0.520. The molecule has 3 rings (SSSR count). The van der Waals surface area contributed by atoms with Gasteiger partial charge in [0.2, 0.25) is 5.95 Å². The number of aromatic amines is 1. The van der Waals surface area contributed by atoms with E-state index in [0.717, 1.165) is 6.26 Å². The van der Waals surface area contributed by atoms with Crippen molar-refractivity contribution in [3.63, 3.8) is 0 Å². The van der Waals surface area contributed by atoms with Crippen LogP contribution in [0.2, 0.25) is 0 Å². The molecule has 118 valence electrons. The van der Waals surface area contributed by atoms with E-state index in [1.807, 2.05) is 0 Å². The number of benzene rings is 2. The molecule has 0 saturated heterocycles. The zero-order chi connectivity index (χ0) is 16.6. The number of nitrogens with one attached hydrogen (secondary N) is 2. The Morgan fingerprint density at radius 2 is 1.91 bits per heavy atom. The van der Waals surface area contributed by atoms with Crippen LogP contribution in [0.15, 0.2) is 47.4 Å². The minimum absolute atomic E-state index is 0.00377. The van der Waals surface area contributed by atoms with Crippen LogP contribution < -0.4 is 5.32 Å². The van der Waals surface area contributed by atoms with Gasteiger partial charge in [0.15, 0.2) is 15.7 Å². The predicted molar refractivity (Wildman–Crippen MR) is 83.6 cm³/mol. The van der Waals surface area contributed by atoms with Gasteiger partial charge in [0.25, 0.3) is 5.91 Å². The Morgan fingerprint density at radius 1 is 1.17 bits per heavy atom. The molecule has 0 aliphatic rings. The van der Waals surface area contributed by atoms with Crippen LogP contribution in [0.4, 0.5) is 10.3 Å². The van der Waals surface area contributed by atoms with Gasteiger partial charge in [0, 0.05) is 6.26 Å². The van der Waals surface area contributed by atoms with Crippen molar-refractivity contribution < 1.29 is 17.6 Å². The first-order valence-corrected chi connectivity index (χ1v) is 8.50. The first-order chi connectivity index (χ1) is 10.9. The molecule has 1 amide bonds. The van der Waals surface area contributed by atoms with Gasteiger partial charge in [-0.3, -0.25) is 10.1 Å². The summed E-state index contributed by atoms with van der Waals surface area (Å²) in [5.74, 6) is -1.13. The minimum atomic E-state index is -3.55. The van der Waals surface area contributed by atoms with Crippen LogP contribution in [0.3, 0.4) is 0 Å². The number of fused-ring (bicyclic) bond motifs is 1. The number of carbonyl (C=O) groups is 1. The molecule has 2 N–H and O–H groups in total. The van der Waals surface area contributed by atoms with Crippen LogP contribution >= 0.6 is 0 Å². The van der Waals surface area contributed by atoms with Gasteiger partial charge in [-0.25, -0.2) is 17.8 Å². The molecule has 0 aliphatic carbocycles. The number of hydrogen-bond donors (Lipinski definition) is 2. The number of sulfone groups is 1. The maximum atomic E-state index is 13.6. The summed E-state index contributed by atoms with van der Waals surface area (Å²) in [4.78, 5) is 19.0. The van der Waals surface area contributed by atoms with Crippen molar-refractivity contribution in [3.05, 3.63) is 53.8 Å². The SMILES string of the molecule is CS(=O)(=O)c1ccccc1C(=O)Nc1nc2c(F)cccc2[nH]1. The Kier molecular flexibility index (Phi) is 3.61. The van der Waals surface area contributed by atoms with E-state index in [9.17, 15) is 17.6 Å². The van der Waals surface area contributed by atoms with Crippen molar-refractivity contribution in [2.75, 3.05) is 11.6 Å². The molecule has 0 radical (unpaired) electrons. The van der Waals surface area contributed by atoms with Crippen molar-refractivity contribution in [1.29, 1.82) is 0 Å². The summed E-state index contributed by atoms with van der Waals surface area (Å²) in [6.45, 7) is 0. The van der Waals surface area contributed by atoms with Crippen molar-refractivity contribution in [2.24, 2.45) is 0 Å². The molecule has 1 heterocycles. The normalized spacial score (nSPS) is 11.6. The number of hydrogen-bond acceptors (Lipinski definition) is 4. The summed E-state index contributed by atoms with van der Waals surface area (Å²) in [6.07, 6.45) is 1.02. The van der Waals surface area contributed by atoms with Gasteiger partial charge in [-0.15, -0.1) is 0 Å². The molecule has 0 bridgehead atoms. The molecule has 0 atom stereocenters. The summed E-state index contributed by atoms with van der Waals surface area (Å²) >= 11 is 0. The fourth-order valence-electron chi connectivity index (χ4n) is 2.21. The van der Waals surface area contributed by atoms with Gasteiger partial charge in [-0.2, -0.15) is 0 Å². The van der Waals surface area contributed by atoms with Crippen LogP contribution in [0.1, 0.15) is 10.4 Å². The first kappa shape index (κ1) is 15.2. The van der Waals surface area contributed by atoms with Gasteiger partial charge in [0.05, 0.1) is 16.0 Å². The molecule has 0 unspecified atom stereocenters. The van der Waals surface area contributed by atoms with Gasteiger partial charge in [0.1, 0.15) is 5.52 Å². The van der Waals surface area contributed by atoms with Crippen molar-refractivity contribution in [2.45, 2.75) is 4.90 Å². The van der Waals surface area contributed by atoms with Gasteiger partial charge in [-0.05, 0) is 24.3 Å². The maximum absolute atomic E-state index is 13.6. The highest BCUT2D eigenvalue weighted by Crippen LogP contribution is 2.19. The van der Waals surface area contributed by atoms with E-state index in [0.29, 0.717) is 5.52 Å². The van der Waals surface area contributed by atoms with Crippen LogP contribution in [0, 0.1) is 5.82 Å². The Labute approximate surface area is 131 Å². The standard InChI is InChI=1S/C15H12FN3O3S/c1-23(21,22)12-8-3-2-5-9(12)14(20)19-15-17-11-7-4-6-10(16)13(11)18-15/h2-8H,1H3,(H2,17,18,19,20). The molecule has 1 aromatic heterocycles. The molecule has 0 spiro atoms. The van der Waals surface area contributed by atoms with E-state index in [2.05, 4.69) is 15.3 Å². The molecule has 0 aliphatic heterocycles. The average Bonchev–Trinajstić information content (AvgIpc) is 2.90. The van der Waals surface area contributed by atoms with Crippen LogP contribution in [0.5, 0.6) is 0 Å². The van der Waals surface area contributed by atoms with Crippen LogP contribution in [0.25, 0.3) is 11.0 Å². The third kappa shape index (κ3) is 2.93. The Balaban J connectivity index is 1.97. The molecule has 0 fully saturated rings. The Morgan fingerprint density at radius 3 is 2.61 bits per heavy atom. The second kappa shape index (κ2) is 5.47. The van der Waals surface area contributed by atoms with Gasteiger partial charge < -0.3 is 4.98 Å². The number of nitrogens with zero attached hydrogens (tertiary/aromatic N) is 1. The lowest BCUT2D eigenvalue weighted by Crippen LogP contribution is -2.16. The third-order valence-corrected chi connectivity index (χ3v) is 4.38. The molecule has 3 aromatic rings. The first-order valence-electron chi connectivity index (χ1n) is 6.61. The van der Waals surface area contributed by atoms with Crippen molar-refractivity contribution in [1.82, 2.24) is 9.97 Å². The summed E-state index contributed by atoms with van der Waals surface area (Å²) < 4.78 is 37.1. The van der Waals surface area contributed by atoms with E-state index in [1.165, 1.54) is 30.3 Å². The number of rotatable bonds is 3. The Hall–Kier alpha value is -2.74. The summed E-state index contributed by atoms with van der Waals surface area (Å²) in [7, 11) is -3.55. The Bertz CT molecular complexity index is 1010. The lowest BCUT2D eigenvalue weighted by molar-refractivity contribution is 0.102. The van der Waals surface area contributed by atoms with Crippen LogP contribution in [-0.2, 0) is 9.84 Å². The monoisotopic (exact) mass is 333 g/mol. The number of halogens is 1. The molecule has 2 aromatic carbocycles. The molecule has 8 heteroatoms. The largest absolute Gasteiger partial charge is 0.324 e. The zero-order valence-corrected chi connectivity index (χ0v) is 12.8. The molecule has 6 nitrogen and oxygen atoms in total. The van der Waals surface area contributed by atoms with E-state index in [4.69, 9.17) is 0 Å². The summed E-state index contributed by atoms with van der Waals surface area (Å²) in [6, 6.07) is 10.2. The third-order valence-electron chi connectivity index (χ3n) is 3.23. The number of anilines is 1. The van der Waals surface area contributed by atoms with E-state index in [-0.39, 0.29) is 21.9 Å². The summed E-state index contributed by atoms with van der Waals surface area (Å²) in [5, 5.41) is 2.45. The van der Waals surface area contributed by atoms with Crippen molar-refractivity contribution >= 4 is 32.7 Å². The molecular formula is C15H12FN3O3S. The predicted octanol–water partition coefficient (Wildman–Crippen LogP) is 2.36. The number of carbonyl (C=O) groups excluding carboxylic acids is 1. The number of para-hydroxylation sites is 1. The fraction of sp³-hybridized carbons (Fsp3) is 0.0667. The average molecular weight is 333 g/mol. The van der Waals surface area contributed by atoms with Gasteiger partial charge in [-0.1, -0.05) is 18.2 Å². The van der Waals surface area contributed by atoms with Gasteiger partial charge >= 0.3 is 0 Å². The highest BCUT2D eigenvalue weighted by Gasteiger charge is 2.19. The maximum Gasteiger partial charge on any atom is 0.259 e. The number of aromatic nitrogens is 2. The van der Waals surface area contributed by atoms with E-state index in [1.54, 1.807) is 12.1 Å². The molecular weight excluding hydrogens is 321 g/mol. The zero-order valence-electron chi connectivity index (χ0n) is 12.0. The fourth-order valence-corrected chi connectivity index (χ4v) is 3.09. The lowest BCUT2D eigenvalue weighted by atomic mass is 10.2.